The molecule has 3 rings (SSSR count). The van der Waals surface area contributed by atoms with Gasteiger partial charge in [0.1, 0.15) is 5.75 Å². The molecule has 0 amide bonds. The van der Waals surface area contributed by atoms with Crippen molar-refractivity contribution in [3.05, 3.63) is 47.5 Å². The van der Waals surface area contributed by atoms with Crippen molar-refractivity contribution in [1.82, 2.24) is 0 Å². The van der Waals surface area contributed by atoms with E-state index in [0.717, 1.165) is 33.5 Å². The Bertz CT molecular complexity index is 685. The van der Waals surface area contributed by atoms with Crippen LogP contribution in [0.4, 0.5) is 0 Å². The third-order valence-corrected chi connectivity index (χ3v) is 3.43. The number of hydrogen-bond donors (Lipinski definition) is 1. The number of hydrogen-bond acceptors (Lipinski definition) is 4. The Labute approximate surface area is 117 Å². The van der Waals surface area contributed by atoms with Crippen LogP contribution in [0.2, 0.25) is 0 Å². The number of rotatable bonds is 2. The highest BCUT2D eigenvalue weighted by molar-refractivity contribution is 6.62. The van der Waals surface area contributed by atoms with E-state index in [1.807, 2.05) is 37.3 Å². The Morgan fingerprint density at radius 3 is 2.65 bits per heavy atom. The molecule has 1 heterocycles. The number of nitrogens with zero attached hydrogens (tertiary/aromatic N) is 1. The first-order chi connectivity index (χ1) is 9.69. The summed E-state index contributed by atoms with van der Waals surface area (Å²) in [6, 6.07) is 11.9. The fraction of sp³-hybridized carbons (Fsp3) is 0.133. The maximum Gasteiger partial charge on any atom is 0.583 e. The predicted octanol–water partition coefficient (Wildman–Crippen LogP) is 1.72. The molecule has 100 valence electrons. The van der Waals surface area contributed by atoms with Crippen molar-refractivity contribution in [2.75, 3.05) is 7.11 Å². The zero-order chi connectivity index (χ0) is 14.1. The molecule has 0 saturated carbocycles. The molecule has 0 radical (unpaired) electrons. The molecule has 2 aromatic rings. The number of oxime groups is 1. The van der Waals surface area contributed by atoms with Crippen molar-refractivity contribution in [2.45, 2.75) is 6.92 Å². The number of ether oxygens (including phenoxy) is 1. The lowest BCUT2D eigenvalue weighted by atomic mass is 9.75. The number of aryl methyl sites for hydroxylation is 1. The van der Waals surface area contributed by atoms with E-state index < -0.39 is 7.12 Å². The summed E-state index contributed by atoms with van der Waals surface area (Å²) in [4.78, 5) is 0. The van der Waals surface area contributed by atoms with Crippen molar-refractivity contribution >= 4 is 18.8 Å². The molecule has 1 N–H and O–H groups in total. The van der Waals surface area contributed by atoms with Crippen LogP contribution in [0.15, 0.2) is 41.6 Å². The van der Waals surface area contributed by atoms with Crippen molar-refractivity contribution in [2.24, 2.45) is 5.16 Å². The predicted molar refractivity (Wildman–Crippen MR) is 79.5 cm³/mol. The molecule has 0 saturated heterocycles. The summed E-state index contributed by atoms with van der Waals surface area (Å²) < 4.78 is 10.1. The quantitative estimate of drug-likeness (QED) is 0.843. The summed E-state index contributed by atoms with van der Waals surface area (Å²) in [5.41, 5.74) is 4.85. The lowest BCUT2D eigenvalue weighted by molar-refractivity contribution is 0.286. The Morgan fingerprint density at radius 1 is 1.15 bits per heavy atom. The topological polar surface area (TPSA) is 51.0 Å². The molecular formula is C15H14BNO3. The average molecular weight is 267 g/mol. The van der Waals surface area contributed by atoms with Gasteiger partial charge in [0.15, 0.2) is 0 Å². The van der Waals surface area contributed by atoms with Crippen LogP contribution in [0, 0.1) is 6.92 Å². The van der Waals surface area contributed by atoms with Crippen LogP contribution in [0.1, 0.15) is 11.1 Å². The van der Waals surface area contributed by atoms with Crippen molar-refractivity contribution in [1.29, 1.82) is 0 Å². The molecule has 0 aromatic heterocycles. The molecule has 0 atom stereocenters. The second kappa shape index (κ2) is 5.02. The van der Waals surface area contributed by atoms with Gasteiger partial charge in [0.05, 0.1) is 13.3 Å². The molecule has 20 heavy (non-hydrogen) atoms. The zero-order valence-corrected chi connectivity index (χ0v) is 11.3. The van der Waals surface area contributed by atoms with Gasteiger partial charge in [0, 0.05) is 5.46 Å². The SMILES string of the molecule is COc1ccc(-c2ccc3c(c2)C=NOB3O)cc1C. The molecule has 0 spiro atoms. The van der Waals surface area contributed by atoms with Gasteiger partial charge >= 0.3 is 7.12 Å². The highest BCUT2D eigenvalue weighted by atomic mass is 16.6. The van der Waals surface area contributed by atoms with Gasteiger partial charge in [-0.15, -0.1) is 5.16 Å². The van der Waals surface area contributed by atoms with Gasteiger partial charge in [-0.1, -0.05) is 18.2 Å². The summed E-state index contributed by atoms with van der Waals surface area (Å²) in [6.07, 6.45) is 1.61. The van der Waals surface area contributed by atoms with E-state index in [9.17, 15) is 5.02 Å². The number of fused-ring (bicyclic) bond motifs is 1. The van der Waals surface area contributed by atoms with Gasteiger partial charge < -0.3 is 14.5 Å². The minimum atomic E-state index is -0.985. The summed E-state index contributed by atoms with van der Waals surface area (Å²) in [7, 11) is 0.681. The molecule has 4 nitrogen and oxygen atoms in total. The van der Waals surface area contributed by atoms with Crippen molar-refractivity contribution in [3.63, 3.8) is 0 Å². The van der Waals surface area contributed by atoms with Gasteiger partial charge in [0.25, 0.3) is 0 Å². The highest BCUT2D eigenvalue weighted by Crippen LogP contribution is 2.26. The smallest absolute Gasteiger partial charge is 0.496 e. The van der Waals surface area contributed by atoms with Gasteiger partial charge in [-0.25, -0.2) is 0 Å². The monoisotopic (exact) mass is 267 g/mol. The van der Waals surface area contributed by atoms with Gasteiger partial charge in [-0.2, -0.15) is 0 Å². The van der Waals surface area contributed by atoms with E-state index in [2.05, 4.69) is 11.2 Å². The van der Waals surface area contributed by atoms with E-state index in [-0.39, 0.29) is 0 Å². The standard InChI is InChI=1S/C15H14BNO3/c1-10-7-11(4-6-15(10)19-2)12-3-5-14-13(8-12)9-17-20-16(14)18/h3-9,18H,1-2H3. The van der Waals surface area contributed by atoms with Gasteiger partial charge in [0.2, 0.25) is 0 Å². The second-order valence-corrected chi connectivity index (χ2v) is 4.72. The van der Waals surface area contributed by atoms with Crippen LogP contribution in [-0.4, -0.2) is 25.5 Å². The fourth-order valence-corrected chi connectivity index (χ4v) is 2.35. The molecule has 0 unspecified atom stereocenters. The summed E-state index contributed by atoms with van der Waals surface area (Å²) in [6.45, 7) is 2.01. The minimum Gasteiger partial charge on any atom is -0.496 e. The normalized spacial score (nSPS) is 12.8. The maximum absolute atomic E-state index is 9.68. The van der Waals surface area contributed by atoms with Crippen LogP contribution in [0.25, 0.3) is 11.1 Å². The van der Waals surface area contributed by atoms with Crippen LogP contribution in [0.3, 0.4) is 0 Å². The van der Waals surface area contributed by atoms with Crippen molar-refractivity contribution in [3.8, 4) is 16.9 Å². The van der Waals surface area contributed by atoms with E-state index in [1.165, 1.54) is 0 Å². The van der Waals surface area contributed by atoms with E-state index in [0.29, 0.717) is 0 Å². The van der Waals surface area contributed by atoms with E-state index in [4.69, 9.17) is 9.49 Å². The van der Waals surface area contributed by atoms with Gasteiger partial charge in [-0.3, -0.25) is 0 Å². The van der Waals surface area contributed by atoms with E-state index >= 15 is 0 Å². The largest absolute Gasteiger partial charge is 0.583 e. The highest BCUT2D eigenvalue weighted by Gasteiger charge is 2.24. The number of benzene rings is 2. The molecule has 5 heteroatoms. The van der Waals surface area contributed by atoms with E-state index in [1.54, 1.807) is 13.3 Å². The third-order valence-electron chi connectivity index (χ3n) is 3.43. The van der Waals surface area contributed by atoms with Gasteiger partial charge in [-0.05, 0) is 47.4 Å². The molecule has 1 aliphatic heterocycles. The lowest BCUT2D eigenvalue weighted by Gasteiger charge is -2.14. The summed E-state index contributed by atoms with van der Waals surface area (Å²) in [5.74, 6) is 0.872. The van der Waals surface area contributed by atoms with Crippen LogP contribution < -0.4 is 10.2 Å². The number of methoxy groups -OCH3 is 1. The van der Waals surface area contributed by atoms with Crippen molar-refractivity contribution < 1.29 is 14.5 Å². The first-order valence-electron chi connectivity index (χ1n) is 6.35. The molecule has 1 aliphatic rings. The minimum absolute atomic E-state index is 0.731. The fourth-order valence-electron chi connectivity index (χ4n) is 2.35. The maximum atomic E-state index is 9.68. The Morgan fingerprint density at radius 2 is 1.90 bits per heavy atom. The average Bonchev–Trinajstić information content (AvgIpc) is 2.47. The Balaban J connectivity index is 2.03. The van der Waals surface area contributed by atoms with Crippen LogP contribution in [0.5, 0.6) is 5.75 Å². The molecule has 0 bridgehead atoms. The summed E-state index contributed by atoms with van der Waals surface area (Å²) in [5, 5.41) is 13.4. The molecule has 2 aromatic carbocycles. The first-order valence-corrected chi connectivity index (χ1v) is 6.35. The molecular weight excluding hydrogens is 253 g/mol. The Hall–Kier alpha value is -2.27. The second-order valence-electron chi connectivity index (χ2n) is 4.72. The summed E-state index contributed by atoms with van der Waals surface area (Å²) >= 11 is 0. The third kappa shape index (κ3) is 2.16. The molecule has 0 aliphatic carbocycles. The zero-order valence-electron chi connectivity index (χ0n) is 11.3. The van der Waals surface area contributed by atoms with Crippen LogP contribution in [-0.2, 0) is 4.76 Å². The Kier molecular flexibility index (Phi) is 3.20. The molecule has 0 fully saturated rings. The van der Waals surface area contributed by atoms with Crippen LogP contribution >= 0.6 is 0 Å². The lowest BCUT2D eigenvalue weighted by Crippen LogP contribution is -2.37. The first kappa shape index (κ1) is 12.8.